The lowest BCUT2D eigenvalue weighted by atomic mass is 9.96. The third-order valence-electron chi connectivity index (χ3n) is 11.0. The molecule has 0 saturated heterocycles. The Morgan fingerprint density at radius 1 is 0.415 bits per heavy atom. The zero-order chi connectivity index (χ0) is 35.1. The minimum Gasteiger partial charge on any atom is -0.309 e. The molecule has 1 atom stereocenters. The highest BCUT2D eigenvalue weighted by Gasteiger charge is 2.31. The van der Waals surface area contributed by atoms with Crippen molar-refractivity contribution in [3.05, 3.63) is 188 Å². The van der Waals surface area contributed by atoms with Crippen LogP contribution >= 0.6 is 7.14 Å². The zero-order valence-electron chi connectivity index (χ0n) is 28.6. The maximum absolute atomic E-state index is 15.6. The van der Waals surface area contributed by atoms with Gasteiger partial charge in [-0.15, -0.1) is 0 Å². The van der Waals surface area contributed by atoms with Crippen LogP contribution in [-0.2, 0) is 4.57 Å². The van der Waals surface area contributed by atoms with Crippen LogP contribution in [0.1, 0.15) is 0 Å². The molecule has 2 heterocycles. The minimum absolute atomic E-state index is 0.833. The molecule has 2 aromatic heterocycles. The molecule has 0 bridgehead atoms. The number of para-hydroxylation sites is 2. The van der Waals surface area contributed by atoms with E-state index in [0.717, 1.165) is 76.2 Å². The van der Waals surface area contributed by atoms with E-state index in [-0.39, 0.29) is 0 Å². The molecule has 53 heavy (non-hydrogen) atoms. The fourth-order valence-corrected chi connectivity index (χ4v) is 11.4. The standard InChI is InChI=1S/C49H31N2OP/c52-53(38-14-2-1-3-15-38,47-20-10-13-32-11-4-6-16-40(32)47)39-26-23-35-29-34(21-22-36(35)30-39)37-25-27-42-46(31-37)51-45-19-9-8-18-44(45)50-49(51)43-28-24-33-12-5-7-17-41(33)48(42)43/h1-31H. The molecule has 3 nitrogen and oxygen atoms in total. The van der Waals surface area contributed by atoms with Gasteiger partial charge in [-0.3, -0.25) is 4.40 Å². The molecule has 0 fully saturated rings. The van der Waals surface area contributed by atoms with E-state index in [1.807, 2.05) is 54.6 Å². The highest BCUT2D eigenvalue weighted by atomic mass is 31.2. The Morgan fingerprint density at radius 3 is 1.94 bits per heavy atom. The van der Waals surface area contributed by atoms with Crippen LogP contribution in [0.15, 0.2) is 188 Å². The average Bonchev–Trinajstić information content (AvgIpc) is 3.63. The second kappa shape index (κ2) is 11.5. The monoisotopic (exact) mass is 694 g/mol. The summed E-state index contributed by atoms with van der Waals surface area (Å²) < 4.78 is 18.0. The Balaban J connectivity index is 1.10. The van der Waals surface area contributed by atoms with Crippen LogP contribution in [0.5, 0.6) is 0 Å². The number of benzene rings is 9. The van der Waals surface area contributed by atoms with Crippen molar-refractivity contribution >= 4 is 93.7 Å². The molecule has 1 unspecified atom stereocenters. The van der Waals surface area contributed by atoms with Crippen LogP contribution in [0.25, 0.3) is 81.8 Å². The molecule has 0 aliphatic rings. The second-order valence-corrected chi connectivity index (χ2v) is 16.6. The maximum Gasteiger partial charge on any atom is 0.171 e. The fourth-order valence-electron chi connectivity index (χ4n) is 8.46. The minimum atomic E-state index is -3.21. The van der Waals surface area contributed by atoms with E-state index in [1.165, 1.54) is 21.5 Å². The molecule has 0 aliphatic heterocycles. The SMILES string of the molecule is O=P(c1ccccc1)(c1ccc2cc(-c3ccc4c5c6ccccc6ccc5c5nc6ccccc6n5c4c3)ccc2c1)c1cccc2ccccc12. The molecule has 0 N–H and O–H groups in total. The smallest absolute Gasteiger partial charge is 0.171 e. The number of nitrogens with zero attached hydrogens (tertiary/aromatic N) is 2. The zero-order valence-corrected chi connectivity index (χ0v) is 29.5. The van der Waals surface area contributed by atoms with Crippen LogP contribution in [0.3, 0.4) is 0 Å². The summed E-state index contributed by atoms with van der Waals surface area (Å²) in [5.74, 6) is 0. The van der Waals surface area contributed by atoms with Gasteiger partial charge in [-0.05, 0) is 79.8 Å². The Hall–Kier alpha value is -6.54. The van der Waals surface area contributed by atoms with Crippen LogP contribution < -0.4 is 15.9 Å². The number of rotatable bonds is 4. The van der Waals surface area contributed by atoms with Crippen molar-refractivity contribution in [3.8, 4) is 11.1 Å². The fraction of sp³-hybridized carbons (Fsp3) is 0. The van der Waals surface area contributed by atoms with Gasteiger partial charge in [0.15, 0.2) is 7.14 Å². The van der Waals surface area contributed by atoms with Crippen molar-refractivity contribution < 1.29 is 4.57 Å². The van der Waals surface area contributed by atoms with E-state index < -0.39 is 7.14 Å². The Labute approximate surface area is 305 Å². The molecule has 0 aliphatic carbocycles. The average molecular weight is 695 g/mol. The summed E-state index contributed by atoms with van der Waals surface area (Å²) in [5, 5.41) is 12.8. The molecule has 0 spiro atoms. The van der Waals surface area contributed by atoms with Gasteiger partial charge < -0.3 is 4.57 Å². The van der Waals surface area contributed by atoms with Crippen LogP contribution in [-0.4, -0.2) is 9.38 Å². The number of hydrogen-bond acceptors (Lipinski definition) is 2. The molecule has 11 rings (SSSR count). The lowest BCUT2D eigenvalue weighted by molar-refractivity contribution is 0.592. The number of hydrogen-bond donors (Lipinski definition) is 0. The lowest BCUT2D eigenvalue weighted by Crippen LogP contribution is -2.25. The van der Waals surface area contributed by atoms with Crippen LogP contribution in [0.4, 0.5) is 0 Å². The normalized spacial score (nSPS) is 13.1. The number of aromatic nitrogens is 2. The summed E-state index contributed by atoms with van der Waals surface area (Å²) in [4.78, 5) is 5.17. The molecule has 11 aromatic rings. The lowest BCUT2D eigenvalue weighted by Gasteiger charge is -2.22. The molecule has 9 aromatic carbocycles. The molecule has 0 saturated carbocycles. The van der Waals surface area contributed by atoms with Gasteiger partial charge in [-0.1, -0.05) is 152 Å². The van der Waals surface area contributed by atoms with E-state index in [4.69, 9.17) is 4.98 Å². The number of pyridine rings is 1. The first-order valence-electron chi connectivity index (χ1n) is 18.0. The van der Waals surface area contributed by atoms with Crippen molar-refractivity contribution in [1.29, 1.82) is 0 Å². The molecular weight excluding hydrogens is 664 g/mol. The molecular formula is C49H31N2OP. The van der Waals surface area contributed by atoms with E-state index in [0.29, 0.717) is 0 Å². The second-order valence-electron chi connectivity index (χ2n) is 13.9. The van der Waals surface area contributed by atoms with Crippen molar-refractivity contribution in [2.45, 2.75) is 0 Å². The molecule has 4 heteroatoms. The Kier molecular flexibility index (Phi) is 6.53. The first-order chi connectivity index (χ1) is 26.1. The van der Waals surface area contributed by atoms with Gasteiger partial charge in [-0.25, -0.2) is 4.98 Å². The van der Waals surface area contributed by atoms with E-state index in [9.17, 15) is 0 Å². The molecule has 0 radical (unpaired) electrons. The van der Waals surface area contributed by atoms with Gasteiger partial charge in [0.1, 0.15) is 5.65 Å². The molecule has 0 amide bonds. The van der Waals surface area contributed by atoms with Gasteiger partial charge >= 0.3 is 0 Å². The summed E-state index contributed by atoms with van der Waals surface area (Å²) >= 11 is 0. The maximum atomic E-state index is 15.6. The van der Waals surface area contributed by atoms with Crippen molar-refractivity contribution in [1.82, 2.24) is 9.38 Å². The van der Waals surface area contributed by atoms with E-state index >= 15 is 4.57 Å². The quantitative estimate of drug-likeness (QED) is 0.136. The summed E-state index contributed by atoms with van der Waals surface area (Å²) in [6.07, 6.45) is 0. The first kappa shape index (κ1) is 30.1. The highest BCUT2D eigenvalue weighted by molar-refractivity contribution is 7.85. The third-order valence-corrected chi connectivity index (χ3v) is 14.1. The van der Waals surface area contributed by atoms with Crippen molar-refractivity contribution in [3.63, 3.8) is 0 Å². The topological polar surface area (TPSA) is 34.4 Å². The summed E-state index contributed by atoms with van der Waals surface area (Å²) in [6, 6.07) is 65.6. The molecule has 248 valence electrons. The summed E-state index contributed by atoms with van der Waals surface area (Å²) in [7, 11) is -3.21. The predicted molar refractivity (Wildman–Crippen MR) is 225 cm³/mol. The largest absolute Gasteiger partial charge is 0.309 e. The van der Waals surface area contributed by atoms with Gasteiger partial charge in [-0.2, -0.15) is 0 Å². The van der Waals surface area contributed by atoms with Gasteiger partial charge in [0.05, 0.1) is 16.6 Å². The van der Waals surface area contributed by atoms with Gasteiger partial charge in [0.25, 0.3) is 0 Å². The number of fused-ring (bicyclic) bond motifs is 12. The summed E-state index contributed by atoms with van der Waals surface area (Å²) in [5.41, 5.74) is 6.44. The first-order valence-corrected chi connectivity index (χ1v) is 19.7. The van der Waals surface area contributed by atoms with E-state index in [2.05, 4.69) is 138 Å². The van der Waals surface area contributed by atoms with Crippen LogP contribution in [0.2, 0.25) is 0 Å². The van der Waals surface area contributed by atoms with Gasteiger partial charge in [0, 0.05) is 32.1 Å². The Morgan fingerprint density at radius 2 is 1.06 bits per heavy atom. The van der Waals surface area contributed by atoms with Crippen molar-refractivity contribution in [2.24, 2.45) is 0 Å². The van der Waals surface area contributed by atoms with Crippen molar-refractivity contribution in [2.75, 3.05) is 0 Å². The number of imidazole rings is 1. The highest BCUT2D eigenvalue weighted by Crippen LogP contribution is 2.45. The predicted octanol–water partition coefficient (Wildman–Crippen LogP) is 11.6. The Bertz CT molecular complexity index is 3320. The third kappa shape index (κ3) is 4.48. The van der Waals surface area contributed by atoms with Gasteiger partial charge in [0.2, 0.25) is 0 Å². The van der Waals surface area contributed by atoms with E-state index in [1.54, 1.807) is 0 Å². The van der Waals surface area contributed by atoms with Crippen LogP contribution in [0, 0.1) is 0 Å². The summed E-state index contributed by atoms with van der Waals surface area (Å²) in [6.45, 7) is 0.